The van der Waals surface area contributed by atoms with E-state index in [2.05, 4.69) is 15.7 Å². The molecular weight excluding hydrogens is 300 g/mol. The molecule has 0 aliphatic heterocycles. The van der Waals surface area contributed by atoms with Crippen molar-refractivity contribution in [2.24, 2.45) is 7.05 Å². The van der Waals surface area contributed by atoms with Crippen LogP contribution in [0.25, 0.3) is 0 Å². The summed E-state index contributed by atoms with van der Waals surface area (Å²) in [5.41, 5.74) is 1.05. The van der Waals surface area contributed by atoms with Gasteiger partial charge in [0.05, 0.1) is 11.9 Å². The first-order valence-electron chi connectivity index (χ1n) is 5.56. The molecule has 3 N–H and O–H groups in total. The van der Waals surface area contributed by atoms with Gasteiger partial charge >= 0.3 is 5.97 Å². The number of aryl methyl sites for hydroxylation is 1. The second-order valence-electron chi connectivity index (χ2n) is 3.93. The summed E-state index contributed by atoms with van der Waals surface area (Å²) < 4.78 is 1.26. The van der Waals surface area contributed by atoms with Gasteiger partial charge in [-0.1, -0.05) is 17.7 Å². The van der Waals surface area contributed by atoms with E-state index in [9.17, 15) is 4.79 Å². The van der Waals surface area contributed by atoms with Gasteiger partial charge in [-0.2, -0.15) is 5.10 Å². The second kappa shape index (κ2) is 5.89. The summed E-state index contributed by atoms with van der Waals surface area (Å²) >= 11 is 11.0. The van der Waals surface area contributed by atoms with Crippen molar-refractivity contribution in [3.05, 3.63) is 41.2 Å². The predicted molar refractivity (Wildman–Crippen MR) is 81.5 cm³/mol. The van der Waals surface area contributed by atoms with E-state index in [1.54, 1.807) is 31.3 Å². The SMILES string of the molecule is Cn1ncc(NC(=S)Nc2cccc(Cl)c2)c1C(=O)O. The standard InChI is InChI=1S/C12H11ClN4O2S/c1-17-10(11(18)19)9(6-14-17)16-12(20)15-8-4-2-3-7(13)5-8/h2-6H,1H3,(H,18,19)(H2,15,16,20). The van der Waals surface area contributed by atoms with E-state index < -0.39 is 5.97 Å². The van der Waals surface area contributed by atoms with Crippen molar-refractivity contribution >= 4 is 46.3 Å². The van der Waals surface area contributed by atoms with Crippen molar-refractivity contribution in [2.75, 3.05) is 10.6 Å². The predicted octanol–water partition coefficient (Wildman–Crippen LogP) is 2.58. The number of halogens is 1. The van der Waals surface area contributed by atoms with Crippen LogP contribution in [-0.2, 0) is 7.05 Å². The van der Waals surface area contributed by atoms with Crippen LogP contribution in [0.3, 0.4) is 0 Å². The minimum atomic E-state index is -1.09. The smallest absolute Gasteiger partial charge is 0.356 e. The van der Waals surface area contributed by atoms with Gasteiger partial charge in [0, 0.05) is 17.8 Å². The Morgan fingerprint density at radius 3 is 2.85 bits per heavy atom. The van der Waals surface area contributed by atoms with Crippen LogP contribution in [0.2, 0.25) is 5.02 Å². The summed E-state index contributed by atoms with van der Waals surface area (Å²) in [4.78, 5) is 11.1. The zero-order chi connectivity index (χ0) is 14.7. The van der Waals surface area contributed by atoms with Crippen molar-refractivity contribution < 1.29 is 9.90 Å². The summed E-state index contributed by atoms with van der Waals surface area (Å²) in [5.74, 6) is -1.09. The van der Waals surface area contributed by atoms with Gasteiger partial charge in [0.1, 0.15) is 0 Å². The first-order valence-corrected chi connectivity index (χ1v) is 6.35. The first kappa shape index (κ1) is 14.3. The van der Waals surface area contributed by atoms with Gasteiger partial charge in [0.15, 0.2) is 10.8 Å². The number of hydrogen-bond donors (Lipinski definition) is 3. The number of thiocarbonyl (C=S) groups is 1. The molecule has 0 saturated heterocycles. The molecule has 0 spiro atoms. The van der Waals surface area contributed by atoms with Crippen molar-refractivity contribution in [1.82, 2.24) is 9.78 Å². The molecule has 1 aromatic carbocycles. The summed E-state index contributed by atoms with van der Waals surface area (Å²) in [5, 5.41) is 19.5. The highest BCUT2D eigenvalue weighted by atomic mass is 35.5. The third kappa shape index (κ3) is 3.25. The molecule has 0 saturated carbocycles. The van der Waals surface area contributed by atoms with Crippen LogP contribution in [-0.4, -0.2) is 26.0 Å². The molecule has 8 heteroatoms. The van der Waals surface area contributed by atoms with Crippen LogP contribution in [0.5, 0.6) is 0 Å². The van der Waals surface area contributed by atoms with Crippen LogP contribution < -0.4 is 10.6 Å². The molecule has 0 amide bonds. The number of carboxylic acids is 1. The first-order chi connectivity index (χ1) is 9.47. The Morgan fingerprint density at radius 1 is 1.45 bits per heavy atom. The highest BCUT2D eigenvalue weighted by Gasteiger charge is 2.16. The maximum Gasteiger partial charge on any atom is 0.356 e. The minimum Gasteiger partial charge on any atom is -0.476 e. The van der Waals surface area contributed by atoms with E-state index >= 15 is 0 Å². The normalized spacial score (nSPS) is 10.1. The number of carbonyl (C=O) groups is 1. The maximum atomic E-state index is 11.1. The highest BCUT2D eigenvalue weighted by Crippen LogP contribution is 2.17. The molecular formula is C12H11ClN4O2S. The molecule has 1 heterocycles. The third-order valence-corrected chi connectivity index (χ3v) is 2.91. The molecule has 0 unspecified atom stereocenters. The second-order valence-corrected chi connectivity index (χ2v) is 4.77. The minimum absolute atomic E-state index is 0.0280. The number of benzene rings is 1. The van der Waals surface area contributed by atoms with Gasteiger partial charge in [0.25, 0.3) is 0 Å². The van der Waals surface area contributed by atoms with Crippen LogP contribution >= 0.6 is 23.8 Å². The van der Waals surface area contributed by atoms with E-state index in [-0.39, 0.29) is 10.8 Å². The number of nitrogens with zero attached hydrogens (tertiary/aromatic N) is 2. The van der Waals surface area contributed by atoms with E-state index in [1.807, 2.05) is 0 Å². The Bertz CT molecular complexity index is 671. The maximum absolute atomic E-state index is 11.1. The van der Waals surface area contributed by atoms with Crippen molar-refractivity contribution in [3.8, 4) is 0 Å². The zero-order valence-electron chi connectivity index (χ0n) is 10.4. The molecule has 2 aromatic rings. The van der Waals surface area contributed by atoms with E-state index in [4.69, 9.17) is 28.9 Å². The lowest BCUT2D eigenvalue weighted by Crippen LogP contribution is -2.20. The van der Waals surface area contributed by atoms with Crippen molar-refractivity contribution in [2.45, 2.75) is 0 Å². The number of aromatic carboxylic acids is 1. The quantitative estimate of drug-likeness (QED) is 0.756. The van der Waals surface area contributed by atoms with Gasteiger partial charge in [0.2, 0.25) is 0 Å². The fourth-order valence-corrected chi connectivity index (χ4v) is 2.05. The lowest BCUT2D eigenvalue weighted by Gasteiger charge is -2.10. The Kier molecular flexibility index (Phi) is 4.21. The van der Waals surface area contributed by atoms with Crippen LogP contribution in [0.15, 0.2) is 30.5 Å². The Labute approximate surface area is 125 Å². The van der Waals surface area contributed by atoms with Crippen LogP contribution in [0.1, 0.15) is 10.5 Å². The van der Waals surface area contributed by atoms with Gasteiger partial charge in [-0.15, -0.1) is 0 Å². The van der Waals surface area contributed by atoms with Gasteiger partial charge in [-0.3, -0.25) is 4.68 Å². The largest absolute Gasteiger partial charge is 0.476 e. The number of nitrogens with one attached hydrogen (secondary N) is 2. The summed E-state index contributed by atoms with van der Waals surface area (Å²) in [6, 6.07) is 7.02. The molecule has 6 nitrogen and oxygen atoms in total. The molecule has 1 aromatic heterocycles. The molecule has 104 valence electrons. The Morgan fingerprint density at radius 2 is 2.20 bits per heavy atom. The summed E-state index contributed by atoms with van der Waals surface area (Å²) in [6.45, 7) is 0. The highest BCUT2D eigenvalue weighted by molar-refractivity contribution is 7.80. The van der Waals surface area contributed by atoms with Crippen LogP contribution in [0.4, 0.5) is 11.4 Å². The van der Waals surface area contributed by atoms with E-state index in [1.165, 1.54) is 10.9 Å². The third-order valence-electron chi connectivity index (χ3n) is 2.47. The van der Waals surface area contributed by atoms with E-state index in [0.717, 1.165) is 0 Å². The molecule has 20 heavy (non-hydrogen) atoms. The zero-order valence-corrected chi connectivity index (χ0v) is 12.0. The van der Waals surface area contributed by atoms with Crippen molar-refractivity contribution in [3.63, 3.8) is 0 Å². The lowest BCUT2D eigenvalue weighted by atomic mass is 10.3. The average Bonchev–Trinajstić information content (AvgIpc) is 2.70. The number of rotatable bonds is 3. The monoisotopic (exact) mass is 310 g/mol. The summed E-state index contributed by atoms with van der Waals surface area (Å²) in [6.07, 6.45) is 1.40. The van der Waals surface area contributed by atoms with Gasteiger partial charge in [-0.25, -0.2) is 4.79 Å². The van der Waals surface area contributed by atoms with Gasteiger partial charge < -0.3 is 15.7 Å². The van der Waals surface area contributed by atoms with Gasteiger partial charge in [-0.05, 0) is 30.4 Å². The lowest BCUT2D eigenvalue weighted by molar-refractivity contribution is 0.0686. The number of hydrogen-bond acceptors (Lipinski definition) is 3. The molecule has 0 atom stereocenters. The average molecular weight is 311 g/mol. The number of anilines is 2. The Hall–Kier alpha value is -2.12. The molecule has 0 aliphatic rings. The fourth-order valence-electron chi connectivity index (χ4n) is 1.63. The fraction of sp³-hybridized carbons (Fsp3) is 0.0833. The number of aromatic nitrogens is 2. The van der Waals surface area contributed by atoms with Crippen molar-refractivity contribution in [1.29, 1.82) is 0 Å². The van der Waals surface area contributed by atoms with E-state index in [0.29, 0.717) is 16.4 Å². The molecule has 0 radical (unpaired) electrons. The van der Waals surface area contributed by atoms with Crippen LogP contribution in [0, 0.1) is 0 Å². The summed E-state index contributed by atoms with van der Waals surface area (Å²) in [7, 11) is 1.54. The molecule has 2 rings (SSSR count). The Balaban J connectivity index is 2.11. The molecule has 0 fully saturated rings. The topological polar surface area (TPSA) is 79.2 Å². The molecule has 0 aliphatic carbocycles. The molecule has 0 bridgehead atoms. The number of carboxylic acid groups (broad SMARTS) is 1.